The van der Waals surface area contributed by atoms with Crippen LogP contribution in [0.3, 0.4) is 0 Å². The molecular weight excluding hydrogens is 156 g/mol. The van der Waals surface area contributed by atoms with E-state index in [1.807, 2.05) is 6.92 Å². The average molecular weight is 174 g/mol. The van der Waals surface area contributed by atoms with E-state index >= 15 is 0 Å². The normalized spacial score (nSPS) is 13.0. The Hall–Kier alpha value is -0.570. The molecule has 1 atom stereocenters. The molecule has 0 radical (unpaired) electrons. The van der Waals surface area contributed by atoms with Crippen LogP contribution in [0.25, 0.3) is 0 Å². The molecule has 0 fully saturated rings. The predicted molar refractivity (Wildman–Crippen MR) is 46.9 cm³/mol. The number of carbonyl (C=O) groups is 1. The summed E-state index contributed by atoms with van der Waals surface area (Å²) in [6, 6.07) is 0. The molecule has 0 aromatic carbocycles. The molecule has 0 aliphatic rings. The van der Waals surface area contributed by atoms with Gasteiger partial charge in [0.25, 0.3) is 6.47 Å². The maximum Gasteiger partial charge on any atom is 0.293 e. The summed E-state index contributed by atoms with van der Waals surface area (Å²) in [5, 5.41) is 0. The summed E-state index contributed by atoms with van der Waals surface area (Å²) in [7, 11) is 0. The molecule has 0 saturated heterocycles. The molecule has 0 N–H and O–H groups in total. The molecule has 0 heterocycles. The largest absolute Gasteiger partial charge is 0.468 e. The van der Waals surface area contributed by atoms with Crippen molar-refractivity contribution in [1.29, 1.82) is 0 Å². The van der Waals surface area contributed by atoms with E-state index in [1.165, 1.54) is 0 Å². The van der Waals surface area contributed by atoms with Gasteiger partial charge in [0.1, 0.15) is 0 Å². The molecule has 3 heteroatoms. The fourth-order valence-corrected chi connectivity index (χ4v) is 0.722. The van der Waals surface area contributed by atoms with Crippen LogP contribution in [0.5, 0.6) is 0 Å². The third-order valence-electron chi connectivity index (χ3n) is 1.42. The first kappa shape index (κ1) is 11.4. The number of hydrogen-bond acceptors (Lipinski definition) is 3. The lowest BCUT2D eigenvalue weighted by Gasteiger charge is -2.13. The van der Waals surface area contributed by atoms with Crippen LogP contribution in [0.15, 0.2) is 0 Å². The van der Waals surface area contributed by atoms with Crippen molar-refractivity contribution in [2.75, 3.05) is 13.2 Å². The highest BCUT2D eigenvalue weighted by Crippen LogP contribution is 2.01. The Balaban J connectivity index is 3.21. The van der Waals surface area contributed by atoms with Crippen LogP contribution in [0, 0.1) is 5.92 Å². The van der Waals surface area contributed by atoms with Gasteiger partial charge in [-0.25, -0.2) is 0 Å². The van der Waals surface area contributed by atoms with Gasteiger partial charge < -0.3 is 9.47 Å². The molecule has 0 aliphatic carbocycles. The van der Waals surface area contributed by atoms with E-state index in [0.29, 0.717) is 19.0 Å². The molecule has 0 aliphatic heterocycles. The minimum Gasteiger partial charge on any atom is -0.468 e. The van der Waals surface area contributed by atoms with Crippen LogP contribution in [0.4, 0.5) is 0 Å². The predicted octanol–water partition coefficient (Wildman–Crippen LogP) is 1.61. The number of hydrogen-bond donors (Lipinski definition) is 0. The van der Waals surface area contributed by atoms with Gasteiger partial charge in [-0.1, -0.05) is 13.8 Å². The van der Waals surface area contributed by atoms with Crippen LogP contribution in [0.1, 0.15) is 27.2 Å². The molecule has 0 aromatic heterocycles. The summed E-state index contributed by atoms with van der Waals surface area (Å²) in [5.41, 5.74) is 0. The maximum absolute atomic E-state index is 9.79. The van der Waals surface area contributed by atoms with Gasteiger partial charge in [0.15, 0.2) is 0 Å². The van der Waals surface area contributed by atoms with E-state index < -0.39 is 0 Å². The molecule has 12 heavy (non-hydrogen) atoms. The van der Waals surface area contributed by atoms with Crippen LogP contribution >= 0.6 is 0 Å². The Morgan fingerprint density at radius 1 is 1.33 bits per heavy atom. The molecule has 72 valence electrons. The van der Waals surface area contributed by atoms with Crippen LogP contribution in [0.2, 0.25) is 0 Å². The van der Waals surface area contributed by atoms with Gasteiger partial charge in [0.05, 0.1) is 12.7 Å². The summed E-state index contributed by atoms with van der Waals surface area (Å²) in [5.74, 6) is 0.555. The molecule has 0 rings (SSSR count). The first-order chi connectivity index (χ1) is 5.66. The lowest BCUT2D eigenvalue weighted by Crippen LogP contribution is -2.14. The van der Waals surface area contributed by atoms with Crippen LogP contribution < -0.4 is 0 Å². The van der Waals surface area contributed by atoms with Gasteiger partial charge in [-0.2, -0.15) is 0 Å². The topological polar surface area (TPSA) is 35.5 Å². The average Bonchev–Trinajstić information content (AvgIpc) is 2.01. The highest BCUT2D eigenvalue weighted by atomic mass is 16.5. The minimum atomic E-state index is 0.173. The fourth-order valence-electron chi connectivity index (χ4n) is 0.722. The molecule has 0 bridgehead atoms. The molecule has 0 aromatic rings. The maximum atomic E-state index is 9.79. The first-order valence-electron chi connectivity index (χ1n) is 4.33. The Morgan fingerprint density at radius 3 is 2.50 bits per heavy atom. The van der Waals surface area contributed by atoms with Crippen molar-refractivity contribution >= 4 is 6.47 Å². The van der Waals surface area contributed by atoms with E-state index in [-0.39, 0.29) is 6.10 Å². The first-order valence-corrected chi connectivity index (χ1v) is 4.33. The van der Waals surface area contributed by atoms with Gasteiger partial charge in [-0.3, -0.25) is 4.79 Å². The van der Waals surface area contributed by atoms with E-state index in [1.54, 1.807) is 0 Å². The van der Waals surface area contributed by atoms with Crippen molar-refractivity contribution in [3.8, 4) is 0 Å². The SMILES string of the molecule is CC(C)COC(C)CCOC=O. The van der Waals surface area contributed by atoms with E-state index in [2.05, 4.69) is 18.6 Å². The zero-order valence-corrected chi connectivity index (χ0v) is 8.08. The molecule has 0 spiro atoms. The number of carbonyl (C=O) groups excluding carboxylic acids is 1. The lowest BCUT2D eigenvalue weighted by molar-refractivity contribution is -0.129. The van der Waals surface area contributed by atoms with Crippen molar-refractivity contribution in [1.82, 2.24) is 0 Å². The second kappa shape index (κ2) is 7.10. The second-order valence-corrected chi connectivity index (χ2v) is 3.29. The fraction of sp³-hybridized carbons (Fsp3) is 0.889. The minimum absolute atomic E-state index is 0.173. The molecule has 0 amide bonds. The van der Waals surface area contributed by atoms with Crippen molar-refractivity contribution in [3.63, 3.8) is 0 Å². The quantitative estimate of drug-likeness (QED) is 0.434. The zero-order chi connectivity index (χ0) is 9.40. The van der Waals surface area contributed by atoms with Crippen molar-refractivity contribution in [3.05, 3.63) is 0 Å². The molecule has 1 unspecified atom stereocenters. The van der Waals surface area contributed by atoms with Gasteiger partial charge in [0.2, 0.25) is 0 Å². The van der Waals surface area contributed by atoms with Crippen molar-refractivity contribution < 1.29 is 14.3 Å². The third-order valence-corrected chi connectivity index (χ3v) is 1.42. The summed E-state index contributed by atoms with van der Waals surface area (Å²) in [6.07, 6.45) is 0.943. The highest BCUT2D eigenvalue weighted by Gasteiger charge is 2.02. The smallest absolute Gasteiger partial charge is 0.293 e. The van der Waals surface area contributed by atoms with Gasteiger partial charge in [-0.15, -0.1) is 0 Å². The molecular formula is C9H18O3. The number of ether oxygens (including phenoxy) is 2. The van der Waals surface area contributed by atoms with Crippen molar-refractivity contribution in [2.45, 2.75) is 33.3 Å². The van der Waals surface area contributed by atoms with Crippen LogP contribution in [-0.2, 0) is 14.3 Å². The third kappa shape index (κ3) is 7.54. The summed E-state index contributed by atoms with van der Waals surface area (Å²) < 4.78 is 10.0. The monoisotopic (exact) mass is 174 g/mol. The highest BCUT2D eigenvalue weighted by molar-refractivity contribution is 5.36. The van der Waals surface area contributed by atoms with Gasteiger partial charge in [0, 0.05) is 13.0 Å². The molecule has 3 nitrogen and oxygen atoms in total. The van der Waals surface area contributed by atoms with Crippen molar-refractivity contribution in [2.24, 2.45) is 5.92 Å². The number of rotatable bonds is 7. The van der Waals surface area contributed by atoms with E-state index in [0.717, 1.165) is 13.0 Å². The van der Waals surface area contributed by atoms with Gasteiger partial charge >= 0.3 is 0 Å². The van der Waals surface area contributed by atoms with E-state index in [4.69, 9.17) is 4.74 Å². The zero-order valence-electron chi connectivity index (χ0n) is 8.08. The van der Waals surface area contributed by atoms with Gasteiger partial charge in [-0.05, 0) is 12.8 Å². The summed E-state index contributed by atoms with van der Waals surface area (Å²) >= 11 is 0. The summed E-state index contributed by atoms with van der Waals surface area (Å²) in [4.78, 5) is 9.79. The van der Waals surface area contributed by atoms with E-state index in [9.17, 15) is 4.79 Å². The Kier molecular flexibility index (Phi) is 6.76. The Labute approximate surface area is 74.0 Å². The standard InChI is InChI=1S/C9H18O3/c1-8(2)6-12-9(3)4-5-11-7-10/h7-9H,4-6H2,1-3H3. The lowest BCUT2D eigenvalue weighted by atomic mass is 10.2. The summed E-state index contributed by atoms with van der Waals surface area (Å²) in [6.45, 7) is 7.88. The van der Waals surface area contributed by atoms with Crippen LogP contribution in [-0.4, -0.2) is 25.8 Å². The Bertz CT molecular complexity index is 112. The second-order valence-electron chi connectivity index (χ2n) is 3.29. The molecule has 0 saturated carbocycles. The Morgan fingerprint density at radius 2 is 2.00 bits per heavy atom.